The highest BCUT2D eigenvalue weighted by molar-refractivity contribution is 5.62. The Hall–Kier alpha value is -2.10. The minimum atomic E-state index is 0.643. The third-order valence-electron chi connectivity index (χ3n) is 3.50. The molecule has 1 aliphatic rings. The van der Waals surface area contributed by atoms with Gasteiger partial charge in [0.25, 0.3) is 0 Å². The van der Waals surface area contributed by atoms with Gasteiger partial charge in [-0.25, -0.2) is 9.97 Å². The maximum absolute atomic E-state index is 5.60. The fourth-order valence-electron chi connectivity index (χ4n) is 2.51. The zero-order chi connectivity index (χ0) is 13.8. The molecule has 1 aromatic heterocycles. The predicted octanol–water partition coefficient (Wildman–Crippen LogP) is 3.50. The number of hydrogen-bond donors (Lipinski definition) is 1. The summed E-state index contributed by atoms with van der Waals surface area (Å²) in [7, 11) is 0. The molecule has 0 spiro atoms. The highest BCUT2D eigenvalue weighted by Gasteiger charge is 2.12. The summed E-state index contributed by atoms with van der Waals surface area (Å²) in [6.07, 6.45) is 6.58. The molecule has 0 aliphatic heterocycles. The van der Waals surface area contributed by atoms with Crippen molar-refractivity contribution >= 4 is 11.6 Å². The highest BCUT2D eigenvalue weighted by Crippen LogP contribution is 2.27. The molecule has 0 unspecified atom stereocenters. The Morgan fingerprint density at radius 3 is 2.95 bits per heavy atom. The van der Waals surface area contributed by atoms with E-state index < -0.39 is 0 Å². The van der Waals surface area contributed by atoms with Crippen LogP contribution in [0.4, 0.5) is 11.6 Å². The van der Waals surface area contributed by atoms with Crippen molar-refractivity contribution < 1.29 is 4.74 Å². The molecule has 4 heteroatoms. The molecule has 0 radical (unpaired) electrons. The number of aryl methyl sites for hydroxylation is 2. The molecule has 2 aromatic rings. The van der Waals surface area contributed by atoms with Crippen LogP contribution in [0.15, 0.2) is 30.5 Å². The molecule has 0 bridgehead atoms. The fourth-order valence-corrected chi connectivity index (χ4v) is 2.51. The predicted molar refractivity (Wildman–Crippen MR) is 79.6 cm³/mol. The summed E-state index contributed by atoms with van der Waals surface area (Å²) < 4.78 is 5.60. The van der Waals surface area contributed by atoms with Gasteiger partial charge in [0.05, 0.1) is 12.3 Å². The van der Waals surface area contributed by atoms with Gasteiger partial charge in [-0.3, -0.25) is 0 Å². The molecule has 0 saturated heterocycles. The Kier molecular flexibility index (Phi) is 3.81. The number of nitrogens with zero attached hydrogens (tertiary/aromatic N) is 2. The molecule has 0 atom stereocenters. The summed E-state index contributed by atoms with van der Waals surface area (Å²) in [5, 5.41) is 3.26. The van der Waals surface area contributed by atoms with E-state index in [9.17, 15) is 0 Å². The van der Waals surface area contributed by atoms with E-state index >= 15 is 0 Å². The lowest BCUT2D eigenvalue weighted by Gasteiger charge is -2.16. The van der Waals surface area contributed by atoms with E-state index in [1.54, 1.807) is 0 Å². The monoisotopic (exact) mass is 269 g/mol. The number of anilines is 2. The molecule has 104 valence electrons. The summed E-state index contributed by atoms with van der Waals surface area (Å²) >= 11 is 0. The average molecular weight is 269 g/mol. The van der Waals surface area contributed by atoms with Crippen molar-refractivity contribution in [2.24, 2.45) is 0 Å². The summed E-state index contributed by atoms with van der Waals surface area (Å²) in [4.78, 5) is 9.04. The number of rotatable bonds is 4. The first-order valence-corrected chi connectivity index (χ1v) is 7.20. The minimum Gasteiger partial charge on any atom is -0.492 e. The standard InChI is InChI=1S/C16H19N3O/c1-2-20-15-10-6-5-9-14(15)19-16-17-11-12-7-3-4-8-13(12)18-16/h5-6,9-11H,2-4,7-8H2,1H3,(H,17,18,19). The van der Waals surface area contributed by atoms with Gasteiger partial charge in [-0.2, -0.15) is 0 Å². The van der Waals surface area contributed by atoms with Gasteiger partial charge in [0.2, 0.25) is 5.95 Å². The molecule has 0 amide bonds. The zero-order valence-electron chi connectivity index (χ0n) is 11.7. The Labute approximate surface area is 119 Å². The third kappa shape index (κ3) is 2.74. The molecule has 3 rings (SSSR count). The van der Waals surface area contributed by atoms with Crippen molar-refractivity contribution in [3.63, 3.8) is 0 Å². The van der Waals surface area contributed by atoms with Crippen molar-refractivity contribution in [3.05, 3.63) is 41.7 Å². The van der Waals surface area contributed by atoms with E-state index in [-0.39, 0.29) is 0 Å². The Morgan fingerprint density at radius 2 is 2.05 bits per heavy atom. The fraction of sp³-hybridized carbons (Fsp3) is 0.375. The van der Waals surface area contributed by atoms with Gasteiger partial charge >= 0.3 is 0 Å². The smallest absolute Gasteiger partial charge is 0.227 e. The number of ether oxygens (including phenoxy) is 1. The van der Waals surface area contributed by atoms with E-state index in [2.05, 4.69) is 15.3 Å². The third-order valence-corrected chi connectivity index (χ3v) is 3.50. The maximum atomic E-state index is 5.60. The van der Waals surface area contributed by atoms with Gasteiger partial charge in [-0.1, -0.05) is 12.1 Å². The van der Waals surface area contributed by atoms with Crippen LogP contribution >= 0.6 is 0 Å². The summed E-state index contributed by atoms with van der Waals surface area (Å²) in [6, 6.07) is 7.87. The van der Waals surface area contributed by atoms with Crippen molar-refractivity contribution in [1.82, 2.24) is 9.97 Å². The SMILES string of the molecule is CCOc1ccccc1Nc1ncc2c(n1)CCCC2. The first kappa shape index (κ1) is 12.9. The molecule has 0 fully saturated rings. The van der Waals surface area contributed by atoms with Crippen LogP contribution in [-0.4, -0.2) is 16.6 Å². The van der Waals surface area contributed by atoms with Crippen LogP contribution < -0.4 is 10.1 Å². The Balaban J connectivity index is 1.84. The number of hydrogen-bond acceptors (Lipinski definition) is 4. The largest absolute Gasteiger partial charge is 0.492 e. The topological polar surface area (TPSA) is 47.0 Å². The van der Waals surface area contributed by atoms with Gasteiger partial charge in [0, 0.05) is 11.9 Å². The highest BCUT2D eigenvalue weighted by atomic mass is 16.5. The van der Waals surface area contributed by atoms with Crippen LogP contribution in [-0.2, 0) is 12.8 Å². The molecule has 1 heterocycles. The Morgan fingerprint density at radius 1 is 1.20 bits per heavy atom. The van der Waals surface area contributed by atoms with E-state index in [0.717, 1.165) is 24.3 Å². The summed E-state index contributed by atoms with van der Waals surface area (Å²) in [5.74, 6) is 1.48. The van der Waals surface area contributed by atoms with E-state index in [0.29, 0.717) is 12.6 Å². The van der Waals surface area contributed by atoms with Crippen LogP contribution in [0.2, 0.25) is 0 Å². The molecule has 1 aromatic carbocycles. The molecular weight excluding hydrogens is 250 g/mol. The van der Waals surface area contributed by atoms with Gasteiger partial charge < -0.3 is 10.1 Å². The number of nitrogens with one attached hydrogen (secondary N) is 1. The number of fused-ring (bicyclic) bond motifs is 1. The Bertz CT molecular complexity index is 598. The second-order valence-electron chi connectivity index (χ2n) is 4.93. The van der Waals surface area contributed by atoms with Crippen molar-refractivity contribution in [3.8, 4) is 5.75 Å². The lowest BCUT2D eigenvalue weighted by Crippen LogP contribution is -2.09. The molecule has 1 aliphatic carbocycles. The van der Waals surface area contributed by atoms with Crippen molar-refractivity contribution in [2.75, 3.05) is 11.9 Å². The summed E-state index contributed by atoms with van der Waals surface area (Å²) in [6.45, 7) is 2.62. The van der Waals surface area contributed by atoms with Crippen LogP contribution in [0.5, 0.6) is 5.75 Å². The minimum absolute atomic E-state index is 0.643. The molecule has 20 heavy (non-hydrogen) atoms. The van der Waals surface area contributed by atoms with E-state index in [4.69, 9.17) is 4.74 Å². The molecule has 4 nitrogen and oxygen atoms in total. The van der Waals surface area contributed by atoms with E-state index in [1.807, 2.05) is 37.4 Å². The second kappa shape index (κ2) is 5.90. The van der Waals surface area contributed by atoms with Crippen LogP contribution in [0.25, 0.3) is 0 Å². The van der Waals surface area contributed by atoms with Crippen LogP contribution in [0.1, 0.15) is 31.0 Å². The maximum Gasteiger partial charge on any atom is 0.227 e. The lowest BCUT2D eigenvalue weighted by molar-refractivity contribution is 0.342. The quantitative estimate of drug-likeness (QED) is 0.922. The van der Waals surface area contributed by atoms with Crippen LogP contribution in [0.3, 0.4) is 0 Å². The molecular formula is C16H19N3O. The first-order valence-electron chi connectivity index (χ1n) is 7.20. The van der Waals surface area contributed by atoms with Crippen molar-refractivity contribution in [2.45, 2.75) is 32.6 Å². The normalized spacial score (nSPS) is 13.7. The van der Waals surface area contributed by atoms with Gasteiger partial charge in [0.1, 0.15) is 5.75 Å². The number of aromatic nitrogens is 2. The number of para-hydroxylation sites is 2. The van der Waals surface area contributed by atoms with Gasteiger partial charge in [0.15, 0.2) is 0 Å². The second-order valence-corrected chi connectivity index (χ2v) is 4.93. The zero-order valence-corrected chi connectivity index (χ0v) is 11.7. The summed E-state index contributed by atoms with van der Waals surface area (Å²) in [5.41, 5.74) is 3.38. The van der Waals surface area contributed by atoms with E-state index in [1.165, 1.54) is 24.1 Å². The van der Waals surface area contributed by atoms with Crippen LogP contribution in [0, 0.1) is 0 Å². The van der Waals surface area contributed by atoms with Gasteiger partial charge in [-0.15, -0.1) is 0 Å². The molecule has 1 N–H and O–H groups in total. The van der Waals surface area contributed by atoms with Gasteiger partial charge in [-0.05, 0) is 50.3 Å². The average Bonchev–Trinajstić information content (AvgIpc) is 2.49. The molecule has 0 saturated carbocycles. The number of benzene rings is 1. The first-order chi connectivity index (χ1) is 9.86. The lowest BCUT2D eigenvalue weighted by atomic mass is 9.98. The van der Waals surface area contributed by atoms with Crippen molar-refractivity contribution in [1.29, 1.82) is 0 Å².